The fourth-order valence-corrected chi connectivity index (χ4v) is 0.624. The van der Waals surface area contributed by atoms with Crippen molar-refractivity contribution in [2.75, 3.05) is 7.11 Å². The lowest BCUT2D eigenvalue weighted by molar-refractivity contribution is 0.120. The number of hydrogen-bond acceptors (Lipinski definition) is 3. The molecule has 0 aliphatic rings. The monoisotopic (exact) mass is 137 g/mol. The number of aromatic nitrogens is 2. The fourth-order valence-electron chi connectivity index (χ4n) is 0.624. The van der Waals surface area contributed by atoms with Gasteiger partial charge in [0.15, 0.2) is 0 Å². The fraction of sp³-hybridized carbons (Fsp3) is 0.333. The molecule has 4 heteroatoms. The molecule has 1 rings (SSSR count). The van der Waals surface area contributed by atoms with Crippen LogP contribution in [0.3, 0.4) is 0 Å². The van der Waals surface area contributed by atoms with Gasteiger partial charge in [0.1, 0.15) is 12.8 Å². The Kier molecular flexibility index (Phi) is 2.03. The van der Waals surface area contributed by atoms with Crippen molar-refractivity contribution < 1.29 is 4.74 Å². The van der Waals surface area contributed by atoms with Gasteiger partial charge < -0.3 is 4.74 Å². The lowest BCUT2D eigenvalue weighted by Gasteiger charge is -1.94. The highest BCUT2D eigenvalue weighted by Crippen LogP contribution is 1.93. The maximum Gasteiger partial charge on any atom is 0.138 e. The third-order valence-electron chi connectivity index (χ3n) is 1.02. The quantitative estimate of drug-likeness (QED) is 0.591. The van der Waals surface area contributed by atoms with Gasteiger partial charge in [0.05, 0.1) is 11.8 Å². The summed E-state index contributed by atoms with van der Waals surface area (Å²) in [6.07, 6.45) is 3.13. The molecule has 10 heavy (non-hydrogen) atoms. The Hall–Kier alpha value is -1.34. The maximum atomic E-state index is 8.38. The smallest absolute Gasteiger partial charge is 0.138 e. The highest BCUT2D eigenvalue weighted by molar-refractivity contribution is 5.21. The van der Waals surface area contributed by atoms with E-state index < -0.39 is 0 Å². The van der Waals surface area contributed by atoms with Crippen LogP contribution >= 0.6 is 0 Å². The topological polar surface area (TPSA) is 50.8 Å². The third kappa shape index (κ3) is 1.33. The van der Waals surface area contributed by atoms with Gasteiger partial charge in [0, 0.05) is 13.3 Å². The van der Waals surface area contributed by atoms with E-state index in [9.17, 15) is 0 Å². The van der Waals surface area contributed by atoms with Crippen LogP contribution < -0.4 is 0 Å². The van der Waals surface area contributed by atoms with Gasteiger partial charge in [0.25, 0.3) is 0 Å². The second-order valence-electron chi connectivity index (χ2n) is 1.80. The Bertz CT molecular complexity index is 248. The van der Waals surface area contributed by atoms with Gasteiger partial charge in [-0.3, -0.25) is 0 Å². The van der Waals surface area contributed by atoms with E-state index in [-0.39, 0.29) is 0 Å². The van der Waals surface area contributed by atoms with Crippen molar-refractivity contribution in [3.05, 3.63) is 18.0 Å². The second-order valence-corrected chi connectivity index (χ2v) is 1.80. The largest absolute Gasteiger partial charge is 0.362 e. The third-order valence-corrected chi connectivity index (χ3v) is 1.02. The normalized spacial score (nSPS) is 9.20. The lowest BCUT2D eigenvalue weighted by atomic mass is 10.4. The van der Waals surface area contributed by atoms with Crippen molar-refractivity contribution in [1.82, 2.24) is 9.78 Å². The number of ether oxygens (including phenoxy) is 1. The minimum atomic E-state index is 0.391. The van der Waals surface area contributed by atoms with E-state index in [1.165, 1.54) is 6.20 Å². The van der Waals surface area contributed by atoms with E-state index in [1.807, 2.05) is 6.07 Å². The summed E-state index contributed by atoms with van der Waals surface area (Å²) in [5.41, 5.74) is 0.553. The van der Waals surface area contributed by atoms with Crippen molar-refractivity contribution in [2.45, 2.75) is 6.73 Å². The molecule has 0 unspecified atom stereocenters. The number of rotatable bonds is 2. The van der Waals surface area contributed by atoms with Crippen LogP contribution in [0.1, 0.15) is 5.56 Å². The molecule has 4 nitrogen and oxygen atoms in total. The zero-order valence-electron chi connectivity index (χ0n) is 5.61. The van der Waals surface area contributed by atoms with Gasteiger partial charge in [-0.15, -0.1) is 0 Å². The molecule has 0 spiro atoms. The summed E-state index contributed by atoms with van der Waals surface area (Å²) in [5, 5.41) is 12.2. The highest BCUT2D eigenvalue weighted by Gasteiger charge is 1.93. The van der Waals surface area contributed by atoms with Crippen molar-refractivity contribution >= 4 is 0 Å². The first kappa shape index (κ1) is 6.78. The number of nitriles is 1. The van der Waals surface area contributed by atoms with Gasteiger partial charge in [-0.1, -0.05) is 0 Å². The minimum absolute atomic E-state index is 0.391. The van der Waals surface area contributed by atoms with E-state index in [2.05, 4.69) is 5.10 Å². The molecular weight excluding hydrogens is 130 g/mol. The van der Waals surface area contributed by atoms with E-state index >= 15 is 0 Å². The molecule has 0 aromatic carbocycles. The zero-order valence-corrected chi connectivity index (χ0v) is 5.61. The zero-order chi connectivity index (χ0) is 7.40. The summed E-state index contributed by atoms with van der Waals surface area (Å²) in [5.74, 6) is 0. The number of hydrogen-bond donors (Lipinski definition) is 0. The molecular formula is C6H7N3O. The van der Waals surface area contributed by atoms with E-state index in [0.717, 1.165) is 0 Å². The molecule has 52 valence electrons. The Balaban J connectivity index is 2.71. The van der Waals surface area contributed by atoms with Crippen molar-refractivity contribution in [1.29, 1.82) is 5.26 Å². The van der Waals surface area contributed by atoms with Crippen LogP contribution in [-0.4, -0.2) is 16.9 Å². The van der Waals surface area contributed by atoms with Crippen molar-refractivity contribution in [2.24, 2.45) is 0 Å². The standard InChI is InChI=1S/C6H7N3O/c1-10-5-9-4-6(2-7)3-8-9/h3-4H,5H2,1H3. The molecule has 0 aliphatic heterocycles. The van der Waals surface area contributed by atoms with Gasteiger partial charge in [-0.25, -0.2) is 4.68 Å². The molecule has 0 saturated carbocycles. The van der Waals surface area contributed by atoms with Gasteiger partial charge in [-0.05, 0) is 0 Å². The van der Waals surface area contributed by atoms with Crippen molar-refractivity contribution in [3.63, 3.8) is 0 Å². The minimum Gasteiger partial charge on any atom is -0.362 e. The summed E-state index contributed by atoms with van der Waals surface area (Å²) < 4.78 is 6.33. The molecule has 0 radical (unpaired) electrons. The lowest BCUT2D eigenvalue weighted by Crippen LogP contribution is -1.98. The Morgan fingerprint density at radius 1 is 1.90 bits per heavy atom. The summed E-state index contributed by atoms with van der Waals surface area (Å²) in [6.45, 7) is 0.391. The summed E-state index contributed by atoms with van der Waals surface area (Å²) >= 11 is 0. The van der Waals surface area contributed by atoms with Crippen LogP contribution in [0, 0.1) is 11.3 Å². The average molecular weight is 137 g/mol. The first-order valence-corrected chi connectivity index (χ1v) is 2.78. The van der Waals surface area contributed by atoms with Crippen LogP contribution in [-0.2, 0) is 11.5 Å². The number of nitrogens with zero attached hydrogens (tertiary/aromatic N) is 3. The van der Waals surface area contributed by atoms with Crippen LogP contribution in [0.15, 0.2) is 12.4 Å². The van der Waals surface area contributed by atoms with Gasteiger partial charge in [0.2, 0.25) is 0 Å². The molecule has 1 aromatic heterocycles. The van der Waals surface area contributed by atoms with Crippen LogP contribution in [0.25, 0.3) is 0 Å². The first-order chi connectivity index (χ1) is 4.86. The SMILES string of the molecule is COCn1cc(C#N)cn1. The predicted octanol–water partition coefficient (Wildman–Crippen LogP) is 0.359. The molecule has 0 atom stereocenters. The van der Waals surface area contributed by atoms with Gasteiger partial charge >= 0.3 is 0 Å². The van der Waals surface area contributed by atoms with Crippen LogP contribution in [0.4, 0.5) is 0 Å². The average Bonchev–Trinajstić information content (AvgIpc) is 2.37. The molecule has 0 bridgehead atoms. The Labute approximate surface area is 58.6 Å². The van der Waals surface area contributed by atoms with Crippen LogP contribution in [0.5, 0.6) is 0 Å². The van der Waals surface area contributed by atoms with E-state index in [1.54, 1.807) is 18.0 Å². The molecule has 1 aromatic rings. The molecule has 0 saturated heterocycles. The molecule has 0 fully saturated rings. The Morgan fingerprint density at radius 3 is 3.20 bits per heavy atom. The van der Waals surface area contributed by atoms with Gasteiger partial charge in [-0.2, -0.15) is 10.4 Å². The Morgan fingerprint density at radius 2 is 2.70 bits per heavy atom. The van der Waals surface area contributed by atoms with Crippen molar-refractivity contribution in [3.8, 4) is 6.07 Å². The molecule has 0 amide bonds. The predicted molar refractivity (Wildman–Crippen MR) is 34.0 cm³/mol. The molecule has 0 aliphatic carbocycles. The van der Waals surface area contributed by atoms with Crippen LogP contribution in [0.2, 0.25) is 0 Å². The summed E-state index contributed by atoms with van der Waals surface area (Å²) in [7, 11) is 1.58. The first-order valence-electron chi connectivity index (χ1n) is 2.78. The summed E-state index contributed by atoms with van der Waals surface area (Å²) in [4.78, 5) is 0. The molecule has 0 N–H and O–H groups in total. The summed E-state index contributed by atoms with van der Waals surface area (Å²) in [6, 6.07) is 1.97. The second kappa shape index (κ2) is 2.99. The number of methoxy groups -OCH3 is 1. The molecule has 1 heterocycles. The maximum absolute atomic E-state index is 8.38. The highest BCUT2D eigenvalue weighted by atomic mass is 16.5. The van der Waals surface area contributed by atoms with E-state index in [4.69, 9.17) is 10.00 Å². The van der Waals surface area contributed by atoms with E-state index in [0.29, 0.717) is 12.3 Å².